The highest BCUT2D eigenvalue weighted by molar-refractivity contribution is 6.39. The van der Waals surface area contributed by atoms with Gasteiger partial charge in [0.15, 0.2) is 11.5 Å². The first kappa shape index (κ1) is 25.4. The minimum Gasteiger partial charge on any atom is -0.504 e. The quantitative estimate of drug-likeness (QED) is 0.300. The van der Waals surface area contributed by atoms with E-state index in [0.29, 0.717) is 43.1 Å². The van der Waals surface area contributed by atoms with E-state index in [4.69, 9.17) is 14.2 Å². The summed E-state index contributed by atoms with van der Waals surface area (Å²) >= 11 is 0. The highest BCUT2D eigenvalue weighted by Crippen LogP contribution is 2.36. The lowest BCUT2D eigenvalue weighted by molar-refractivity contribution is -0.122. The number of phenolic OH excluding ortho intramolecular Hbond substituents is 1. The number of hydrogen-bond acceptors (Lipinski definition) is 7. The molecule has 1 saturated heterocycles. The van der Waals surface area contributed by atoms with E-state index < -0.39 is 17.8 Å². The lowest BCUT2D eigenvalue weighted by atomic mass is 10.0. The van der Waals surface area contributed by atoms with Crippen LogP contribution in [-0.2, 0) is 16.0 Å². The molecule has 0 saturated carbocycles. The van der Waals surface area contributed by atoms with E-state index in [9.17, 15) is 19.5 Å². The second-order valence-electron chi connectivity index (χ2n) is 7.41. The molecule has 3 rings (SSSR count). The van der Waals surface area contributed by atoms with Crippen molar-refractivity contribution in [1.82, 2.24) is 5.32 Å². The van der Waals surface area contributed by atoms with Gasteiger partial charge < -0.3 is 19.3 Å². The fraction of sp³-hybridized carbons (Fsp3) is 0.269. The van der Waals surface area contributed by atoms with E-state index in [-0.39, 0.29) is 28.5 Å². The second kappa shape index (κ2) is 11.2. The van der Waals surface area contributed by atoms with Crippen LogP contribution in [-0.4, -0.2) is 42.8 Å². The van der Waals surface area contributed by atoms with E-state index in [0.717, 1.165) is 4.90 Å². The highest BCUT2D eigenvalue weighted by atomic mass is 16.5. The molecule has 1 aliphatic heterocycles. The fourth-order valence-corrected chi connectivity index (χ4v) is 3.60. The van der Waals surface area contributed by atoms with Gasteiger partial charge in [-0.25, -0.2) is 9.69 Å². The number of urea groups is 1. The van der Waals surface area contributed by atoms with Gasteiger partial charge in [-0.2, -0.15) is 0 Å². The Hall–Kier alpha value is -4.27. The fourth-order valence-electron chi connectivity index (χ4n) is 3.60. The maximum absolute atomic E-state index is 13.4. The summed E-state index contributed by atoms with van der Waals surface area (Å²) < 4.78 is 16.6. The van der Waals surface area contributed by atoms with Crippen molar-refractivity contribution in [2.24, 2.45) is 0 Å². The molecule has 2 N–H and O–H groups in total. The minimum absolute atomic E-state index is 0.0424. The van der Waals surface area contributed by atoms with Crippen LogP contribution in [0.15, 0.2) is 48.6 Å². The monoisotopic (exact) mass is 480 g/mol. The zero-order chi connectivity index (χ0) is 25.5. The molecule has 184 valence electrons. The van der Waals surface area contributed by atoms with Crippen LogP contribution < -0.4 is 24.4 Å². The standard InChI is InChI=1S/C26H28N2O7/c1-5-9-17-12-16(14-22(23(17)29)35-8-4)13-19-24(30)27-26(32)28(25(19)31)20-15-18(33-6-2)10-11-21(20)34-7-3/h5,10-15,29H,1,6-9H2,2-4H3,(H,27,30,32)/b19-13-. The number of ether oxygens (including phenoxy) is 3. The normalized spacial score (nSPS) is 14.7. The number of imide groups is 2. The van der Waals surface area contributed by atoms with Crippen LogP contribution in [0.3, 0.4) is 0 Å². The van der Waals surface area contributed by atoms with Gasteiger partial charge >= 0.3 is 6.03 Å². The molecule has 9 nitrogen and oxygen atoms in total. The number of aromatic hydroxyl groups is 1. The summed E-state index contributed by atoms with van der Waals surface area (Å²) in [5, 5.41) is 12.6. The third-order valence-corrected chi connectivity index (χ3v) is 5.04. The summed E-state index contributed by atoms with van der Waals surface area (Å²) in [6.45, 7) is 10.0. The Morgan fingerprint density at radius 3 is 2.31 bits per heavy atom. The molecular weight excluding hydrogens is 452 g/mol. The number of benzene rings is 2. The number of carbonyl (C=O) groups excluding carboxylic acids is 3. The topological polar surface area (TPSA) is 114 Å². The SMILES string of the molecule is C=CCc1cc(/C=C2/C(=O)NC(=O)N(c3cc(OCC)ccc3OCC)C2=O)cc(OCC)c1O. The van der Waals surface area contributed by atoms with Gasteiger partial charge in [0.2, 0.25) is 0 Å². The first-order valence-corrected chi connectivity index (χ1v) is 11.2. The van der Waals surface area contributed by atoms with Gasteiger partial charge in [0, 0.05) is 11.6 Å². The number of carbonyl (C=O) groups is 3. The number of amides is 4. The van der Waals surface area contributed by atoms with Gasteiger partial charge in [0.1, 0.15) is 17.1 Å². The van der Waals surface area contributed by atoms with Crippen molar-refractivity contribution in [3.05, 3.63) is 59.7 Å². The summed E-state index contributed by atoms with van der Waals surface area (Å²) in [5.41, 5.74) is 0.819. The average Bonchev–Trinajstić information content (AvgIpc) is 2.81. The van der Waals surface area contributed by atoms with Crippen LogP contribution in [0.4, 0.5) is 10.5 Å². The molecule has 1 heterocycles. The lowest BCUT2D eigenvalue weighted by Crippen LogP contribution is -2.54. The maximum Gasteiger partial charge on any atom is 0.336 e. The molecule has 0 atom stereocenters. The van der Waals surface area contributed by atoms with Crippen LogP contribution in [0, 0.1) is 0 Å². The molecule has 1 fully saturated rings. The third-order valence-electron chi connectivity index (χ3n) is 5.04. The van der Waals surface area contributed by atoms with E-state index in [1.807, 2.05) is 6.92 Å². The molecule has 9 heteroatoms. The summed E-state index contributed by atoms with van der Waals surface area (Å²) in [6.07, 6.45) is 3.30. The van der Waals surface area contributed by atoms with Crippen LogP contribution in [0.25, 0.3) is 6.08 Å². The summed E-state index contributed by atoms with van der Waals surface area (Å²) in [4.78, 5) is 39.7. The summed E-state index contributed by atoms with van der Waals surface area (Å²) in [6, 6.07) is 7.00. The zero-order valence-electron chi connectivity index (χ0n) is 19.9. The molecule has 0 spiro atoms. The minimum atomic E-state index is -0.903. The Kier molecular flexibility index (Phi) is 8.14. The number of phenols is 1. The predicted octanol–water partition coefficient (Wildman–Crippen LogP) is 3.98. The van der Waals surface area contributed by atoms with Crippen LogP contribution >= 0.6 is 0 Å². The Morgan fingerprint density at radius 1 is 0.971 bits per heavy atom. The maximum atomic E-state index is 13.4. The molecule has 1 aliphatic rings. The summed E-state index contributed by atoms with van der Waals surface area (Å²) in [5.74, 6) is -0.790. The molecule has 4 amide bonds. The molecule has 35 heavy (non-hydrogen) atoms. The first-order chi connectivity index (χ1) is 16.8. The number of nitrogens with zero attached hydrogens (tertiary/aromatic N) is 1. The number of allylic oxidation sites excluding steroid dienone is 1. The van der Waals surface area contributed by atoms with Crippen molar-refractivity contribution in [1.29, 1.82) is 0 Å². The van der Waals surface area contributed by atoms with Crippen LogP contribution in [0.5, 0.6) is 23.0 Å². The molecule has 0 aliphatic carbocycles. The molecule has 2 aromatic carbocycles. The summed E-state index contributed by atoms with van der Waals surface area (Å²) in [7, 11) is 0. The van der Waals surface area contributed by atoms with Gasteiger partial charge in [-0.15, -0.1) is 6.58 Å². The van der Waals surface area contributed by atoms with Crippen molar-refractivity contribution in [3.8, 4) is 23.0 Å². The molecule has 0 unspecified atom stereocenters. The highest BCUT2D eigenvalue weighted by Gasteiger charge is 2.38. The van der Waals surface area contributed by atoms with Gasteiger partial charge in [0.25, 0.3) is 11.8 Å². The van der Waals surface area contributed by atoms with Gasteiger partial charge in [-0.1, -0.05) is 6.08 Å². The van der Waals surface area contributed by atoms with Gasteiger partial charge in [-0.05, 0) is 63.1 Å². The van der Waals surface area contributed by atoms with Crippen molar-refractivity contribution in [2.75, 3.05) is 24.7 Å². The number of anilines is 1. The smallest absolute Gasteiger partial charge is 0.336 e. The average molecular weight is 481 g/mol. The molecular formula is C26H28N2O7. The van der Waals surface area contributed by atoms with E-state index in [1.54, 1.807) is 38.1 Å². The van der Waals surface area contributed by atoms with E-state index in [2.05, 4.69) is 11.9 Å². The van der Waals surface area contributed by atoms with E-state index >= 15 is 0 Å². The van der Waals surface area contributed by atoms with Crippen molar-refractivity contribution < 1.29 is 33.7 Å². The van der Waals surface area contributed by atoms with Crippen LogP contribution in [0.1, 0.15) is 31.9 Å². The van der Waals surface area contributed by atoms with Gasteiger partial charge in [0.05, 0.1) is 25.5 Å². The van der Waals surface area contributed by atoms with Crippen molar-refractivity contribution in [3.63, 3.8) is 0 Å². The Labute approximate surface area is 203 Å². The Balaban J connectivity index is 2.10. The molecule has 0 radical (unpaired) electrons. The van der Waals surface area contributed by atoms with Gasteiger partial charge in [-0.3, -0.25) is 14.9 Å². The Bertz CT molecular complexity index is 1190. The van der Waals surface area contributed by atoms with Crippen molar-refractivity contribution in [2.45, 2.75) is 27.2 Å². The second-order valence-corrected chi connectivity index (χ2v) is 7.41. The van der Waals surface area contributed by atoms with Crippen molar-refractivity contribution >= 4 is 29.6 Å². The number of barbiturate groups is 1. The lowest BCUT2D eigenvalue weighted by Gasteiger charge is -2.28. The molecule has 0 aromatic heterocycles. The van der Waals surface area contributed by atoms with E-state index in [1.165, 1.54) is 18.2 Å². The first-order valence-electron chi connectivity index (χ1n) is 11.2. The van der Waals surface area contributed by atoms with Crippen LogP contribution in [0.2, 0.25) is 0 Å². The largest absolute Gasteiger partial charge is 0.504 e. The number of hydrogen-bond donors (Lipinski definition) is 2. The Morgan fingerprint density at radius 2 is 1.66 bits per heavy atom. The molecule has 2 aromatic rings. The molecule has 0 bridgehead atoms. The predicted molar refractivity (Wildman–Crippen MR) is 131 cm³/mol. The third kappa shape index (κ3) is 5.46. The number of nitrogens with one attached hydrogen (secondary N) is 1. The zero-order valence-corrected chi connectivity index (χ0v) is 19.9. The number of rotatable bonds is 10.